The molecule has 1 aliphatic rings. The molecule has 3 aromatic carbocycles. The number of carbonyl (C=O) groups is 2. The van der Waals surface area contributed by atoms with Crippen LogP contribution in [0.25, 0.3) is 0 Å². The summed E-state index contributed by atoms with van der Waals surface area (Å²) in [4.78, 5) is 25.2. The SMILES string of the molecule is C[C@H]1[C@H](C)CCC[C@H]1NC(=O)COC(=O)c1cccc(S(=O)(=O)N(Cc2ccccc2)c2ccccc2)c1. The van der Waals surface area contributed by atoms with Gasteiger partial charge in [0, 0.05) is 6.04 Å². The molecule has 1 N–H and O–H groups in total. The molecule has 7 nitrogen and oxygen atoms in total. The molecule has 0 spiro atoms. The Morgan fingerprint density at radius 2 is 1.61 bits per heavy atom. The first-order chi connectivity index (χ1) is 18.3. The lowest BCUT2D eigenvalue weighted by Gasteiger charge is -2.34. The Hall–Kier alpha value is -3.65. The van der Waals surface area contributed by atoms with Crippen LogP contribution in [-0.4, -0.2) is 32.9 Å². The topological polar surface area (TPSA) is 92.8 Å². The lowest BCUT2D eigenvalue weighted by atomic mass is 9.78. The van der Waals surface area contributed by atoms with Gasteiger partial charge in [-0.25, -0.2) is 13.2 Å². The number of benzene rings is 3. The quantitative estimate of drug-likeness (QED) is 0.382. The van der Waals surface area contributed by atoms with Crippen LogP contribution in [0.1, 0.15) is 49.0 Å². The third kappa shape index (κ3) is 6.61. The van der Waals surface area contributed by atoms with Crippen molar-refractivity contribution in [3.8, 4) is 0 Å². The first-order valence-electron chi connectivity index (χ1n) is 12.9. The molecule has 0 saturated heterocycles. The number of rotatable bonds is 9. The average molecular weight is 535 g/mol. The fourth-order valence-electron chi connectivity index (χ4n) is 4.82. The minimum Gasteiger partial charge on any atom is -0.452 e. The molecule has 3 atom stereocenters. The standard InChI is InChI=1S/C30H34N2O5S/c1-22-11-9-18-28(23(22)2)31-29(33)21-37-30(34)25-14-10-17-27(19-25)38(35,36)32(26-15-7-4-8-16-26)20-24-12-5-3-6-13-24/h3-8,10,12-17,19,22-23,28H,9,11,18,20-21H2,1-2H3,(H,31,33)/t22-,23+,28-/m1/s1. The van der Waals surface area contributed by atoms with E-state index in [0.29, 0.717) is 17.5 Å². The summed E-state index contributed by atoms with van der Waals surface area (Å²) in [6, 6.07) is 23.9. The minimum atomic E-state index is -4.02. The first kappa shape index (κ1) is 27.4. The summed E-state index contributed by atoms with van der Waals surface area (Å²) in [7, 11) is -4.02. The van der Waals surface area contributed by atoms with Gasteiger partial charge in [-0.2, -0.15) is 0 Å². The van der Waals surface area contributed by atoms with Crippen LogP contribution >= 0.6 is 0 Å². The van der Waals surface area contributed by atoms with Crippen molar-refractivity contribution in [3.63, 3.8) is 0 Å². The smallest absolute Gasteiger partial charge is 0.338 e. The molecule has 38 heavy (non-hydrogen) atoms. The van der Waals surface area contributed by atoms with Crippen LogP contribution in [0.2, 0.25) is 0 Å². The third-order valence-electron chi connectivity index (χ3n) is 7.26. The Morgan fingerprint density at radius 3 is 2.32 bits per heavy atom. The van der Waals surface area contributed by atoms with Gasteiger partial charge in [0.2, 0.25) is 0 Å². The molecule has 1 amide bonds. The molecule has 0 radical (unpaired) electrons. The zero-order valence-corrected chi connectivity index (χ0v) is 22.6. The third-order valence-corrected chi connectivity index (χ3v) is 9.03. The summed E-state index contributed by atoms with van der Waals surface area (Å²) in [5.74, 6) is -0.227. The zero-order valence-electron chi connectivity index (χ0n) is 21.7. The van der Waals surface area contributed by atoms with Crippen molar-refractivity contribution in [1.82, 2.24) is 5.32 Å². The Morgan fingerprint density at radius 1 is 0.921 bits per heavy atom. The maximum absolute atomic E-state index is 13.8. The Bertz CT molecular complexity index is 1350. The highest BCUT2D eigenvalue weighted by Gasteiger charge is 2.29. The number of sulfonamides is 1. The molecule has 200 valence electrons. The lowest BCUT2D eigenvalue weighted by molar-refractivity contribution is -0.125. The molecule has 1 saturated carbocycles. The minimum absolute atomic E-state index is 0.0406. The van der Waals surface area contributed by atoms with E-state index in [9.17, 15) is 18.0 Å². The van der Waals surface area contributed by atoms with E-state index >= 15 is 0 Å². The number of hydrogen-bond acceptors (Lipinski definition) is 5. The van der Waals surface area contributed by atoms with Gasteiger partial charge < -0.3 is 10.1 Å². The maximum Gasteiger partial charge on any atom is 0.338 e. The largest absolute Gasteiger partial charge is 0.452 e. The van der Waals surface area contributed by atoms with E-state index in [1.165, 1.54) is 28.6 Å². The molecule has 0 bridgehead atoms. The number of esters is 1. The van der Waals surface area contributed by atoms with Gasteiger partial charge in [0.05, 0.1) is 22.7 Å². The van der Waals surface area contributed by atoms with Crippen molar-refractivity contribution in [3.05, 3.63) is 96.1 Å². The van der Waals surface area contributed by atoms with E-state index in [4.69, 9.17) is 4.74 Å². The number of hydrogen-bond donors (Lipinski definition) is 1. The van der Waals surface area contributed by atoms with E-state index in [0.717, 1.165) is 24.8 Å². The van der Waals surface area contributed by atoms with Crippen molar-refractivity contribution in [2.75, 3.05) is 10.9 Å². The second kappa shape index (κ2) is 12.3. The Balaban J connectivity index is 1.48. The van der Waals surface area contributed by atoms with Crippen molar-refractivity contribution in [2.24, 2.45) is 11.8 Å². The van der Waals surface area contributed by atoms with Crippen molar-refractivity contribution < 1.29 is 22.7 Å². The fraction of sp³-hybridized carbons (Fsp3) is 0.333. The number of carbonyl (C=O) groups excluding carboxylic acids is 2. The number of amides is 1. The molecular weight excluding hydrogens is 500 g/mol. The molecule has 3 aromatic rings. The van der Waals surface area contributed by atoms with E-state index in [1.54, 1.807) is 24.3 Å². The van der Waals surface area contributed by atoms with Gasteiger partial charge in [0.25, 0.3) is 15.9 Å². The summed E-state index contributed by atoms with van der Waals surface area (Å²) < 4.78 is 34.1. The highest BCUT2D eigenvalue weighted by Crippen LogP contribution is 2.29. The molecule has 0 aliphatic heterocycles. The van der Waals surface area contributed by atoms with Crippen LogP contribution in [0.4, 0.5) is 5.69 Å². The predicted molar refractivity (Wildman–Crippen MR) is 147 cm³/mol. The molecular formula is C30H34N2O5S. The second-order valence-corrected chi connectivity index (χ2v) is 11.7. The van der Waals surface area contributed by atoms with E-state index < -0.39 is 22.6 Å². The van der Waals surface area contributed by atoms with Crippen molar-refractivity contribution >= 4 is 27.6 Å². The van der Waals surface area contributed by atoms with Gasteiger partial charge in [-0.15, -0.1) is 0 Å². The summed E-state index contributed by atoms with van der Waals surface area (Å²) in [6.45, 7) is 4.02. The normalized spacial score (nSPS) is 19.4. The second-order valence-electron chi connectivity index (χ2n) is 9.88. The Labute approximate surface area is 224 Å². The lowest BCUT2D eigenvalue weighted by Crippen LogP contribution is -2.45. The number of nitrogens with one attached hydrogen (secondary N) is 1. The average Bonchev–Trinajstić information content (AvgIpc) is 2.94. The molecule has 1 fully saturated rings. The van der Waals surface area contributed by atoms with Gasteiger partial charge in [0.15, 0.2) is 6.61 Å². The zero-order chi connectivity index (χ0) is 27.1. The molecule has 8 heteroatoms. The van der Waals surface area contributed by atoms with Crippen LogP contribution < -0.4 is 9.62 Å². The molecule has 0 unspecified atom stereocenters. The summed E-state index contributed by atoms with van der Waals surface area (Å²) >= 11 is 0. The van der Waals surface area contributed by atoms with Crippen LogP contribution in [0, 0.1) is 11.8 Å². The van der Waals surface area contributed by atoms with Crippen LogP contribution in [0.5, 0.6) is 0 Å². The van der Waals surface area contributed by atoms with E-state index in [2.05, 4.69) is 19.2 Å². The summed E-state index contributed by atoms with van der Waals surface area (Å²) in [5.41, 5.74) is 1.39. The van der Waals surface area contributed by atoms with E-state index in [1.807, 2.05) is 36.4 Å². The fourth-order valence-corrected chi connectivity index (χ4v) is 6.32. The summed E-state index contributed by atoms with van der Waals surface area (Å²) in [5, 5.41) is 2.98. The van der Waals surface area contributed by atoms with Gasteiger partial charge >= 0.3 is 5.97 Å². The highest BCUT2D eigenvalue weighted by atomic mass is 32.2. The molecule has 0 aromatic heterocycles. The van der Waals surface area contributed by atoms with Gasteiger partial charge in [-0.05, 0) is 54.2 Å². The monoisotopic (exact) mass is 534 g/mol. The number of anilines is 1. The van der Waals surface area contributed by atoms with Gasteiger partial charge in [0.1, 0.15) is 0 Å². The molecule has 4 rings (SSSR count). The first-order valence-corrected chi connectivity index (χ1v) is 14.4. The molecule has 1 aliphatic carbocycles. The van der Waals surface area contributed by atoms with Crippen LogP contribution in [0.3, 0.4) is 0 Å². The van der Waals surface area contributed by atoms with E-state index in [-0.39, 0.29) is 29.0 Å². The van der Waals surface area contributed by atoms with Crippen molar-refractivity contribution in [2.45, 2.75) is 50.6 Å². The number of ether oxygens (including phenoxy) is 1. The van der Waals surface area contributed by atoms with Crippen LogP contribution in [-0.2, 0) is 26.1 Å². The highest BCUT2D eigenvalue weighted by molar-refractivity contribution is 7.92. The van der Waals surface area contributed by atoms with Gasteiger partial charge in [-0.3, -0.25) is 9.10 Å². The number of nitrogens with zero attached hydrogens (tertiary/aromatic N) is 1. The Kier molecular flexibility index (Phi) is 8.84. The predicted octanol–water partition coefficient (Wildman–Crippen LogP) is 5.18. The summed E-state index contributed by atoms with van der Waals surface area (Å²) in [6.07, 6.45) is 3.11. The van der Waals surface area contributed by atoms with Gasteiger partial charge in [-0.1, -0.05) is 81.3 Å². The van der Waals surface area contributed by atoms with Crippen molar-refractivity contribution in [1.29, 1.82) is 0 Å². The maximum atomic E-state index is 13.8. The molecule has 0 heterocycles. The number of para-hydroxylation sites is 1. The van der Waals surface area contributed by atoms with Crippen LogP contribution in [0.15, 0.2) is 89.8 Å².